The van der Waals surface area contributed by atoms with Crippen molar-refractivity contribution in [3.05, 3.63) is 23.8 Å². The Morgan fingerprint density at radius 3 is 2.82 bits per heavy atom. The van der Waals surface area contributed by atoms with Crippen LogP contribution in [-0.2, 0) is 0 Å². The standard InChI is InChI=1S/C21H32O/c1-3-12-21(22)14-11-19-18-9-8-15-6-4-5-7-16(15)17(18)10-13-20(19,21)2/h3,6,12,16-19,22H,4-5,7-11,13-14H2,1-2H3/b12-3+/t16-,17+,18+,19-,20-,21-/m0/s1. The molecule has 1 N–H and O–H groups in total. The third kappa shape index (κ3) is 1.94. The second-order valence-electron chi connectivity index (χ2n) is 8.71. The van der Waals surface area contributed by atoms with Crippen molar-refractivity contribution in [2.45, 2.75) is 77.2 Å². The molecule has 0 heterocycles. The molecular weight excluding hydrogens is 268 g/mol. The predicted molar refractivity (Wildman–Crippen MR) is 91.5 cm³/mol. The molecule has 0 aromatic carbocycles. The minimum atomic E-state index is -0.542. The molecule has 1 nitrogen and oxygen atoms in total. The molecule has 4 rings (SSSR count). The Kier molecular flexibility index (Phi) is 3.56. The molecule has 0 aliphatic heterocycles. The highest BCUT2D eigenvalue weighted by atomic mass is 16.3. The van der Waals surface area contributed by atoms with Crippen molar-refractivity contribution in [3.63, 3.8) is 0 Å². The molecule has 6 atom stereocenters. The van der Waals surface area contributed by atoms with Crippen LogP contribution in [0.1, 0.15) is 71.6 Å². The number of allylic oxidation sites excluding steroid dienone is 3. The molecule has 122 valence electrons. The van der Waals surface area contributed by atoms with Crippen molar-refractivity contribution in [1.82, 2.24) is 0 Å². The number of aliphatic hydroxyl groups is 1. The zero-order valence-corrected chi connectivity index (χ0v) is 14.4. The average Bonchev–Trinajstić information content (AvgIpc) is 2.79. The van der Waals surface area contributed by atoms with E-state index in [9.17, 15) is 5.11 Å². The van der Waals surface area contributed by atoms with Crippen molar-refractivity contribution in [3.8, 4) is 0 Å². The molecule has 0 spiro atoms. The Morgan fingerprint density at radius 1 is 1.14 bits per heavy atom. The molecule has 0 aromatic heterocycles. The van der Waals surface area contributed by atoms with E-state index in [1.807, 2.05) is 0 Å². The Hall–Kier alpha value is -0.560. The third-order valence-corrected chi connectivity index (χ3v) is 8.04. The monoisotopic (exact) mass is 300 g/mol. The van der Waals surface area contributed by atoms with Gasteiger partial charge in [0.1, 0.15) is 0 Å². The van der Waals surface area contributed by atoms with E-state index >= 15 is 0 Å². The summed E-state index contributed by atoms with van der Waals surface area (Å²) in [7, 11) is 0. The normalized spacial score (nSPS) is 51.1. The van der Waals surface area contributed by atoms with E-state index in [-0.39, 0.29) is 5.41 Å². The highest BCUT2D eigenvalue weighted by molar-refractivity contribution is 5.22. The van der Waals surface area contributed by atoms with Crippen molar-refractivity contribution in [2.24, 2.45) is 29.1 Å². The van der Waals surface area contributed by atoms with Crippen molar-refractivity contribution < 1.29 is 5.11 Å². The number of hydrogen-bond acceptors (Lipinski definition) is 1. The van der Waals surface area contributed by atoms with E-state index in [4.69, 9.17) is 0 Å². The minimum absolute atomic E-state index is 0.122. The summed E-state index contributed by atoms with van der Waals surface area (Å²) in [6, 6.07) is 0. The molecular formula is C21H32O. The van der Waals surface area contributed by atoms with Gasteiger partial charge in [-0.3, -0.25) is 0 Å². The average molecular weight is 300 g/mol. The largest absolute Gasteiger partial charge is 0.385 e. The smallest absolute Gasteiger partial charge is 0.0883 e. The minimum Gasteiger partial charge on any atom is -0.385 e. The molecule has 1 heteroatoms. The molecule has 3 fully saturated rings. The lowest BCUT2D eigenvalue weighted by Crippen LogP contribution is -2.51. The summed E-state index contributed by atoms with van der Waals surface area (Å²) in [4.78, 5) is 0. The van der Waals surface area contributed by atoms with Crippen LogP contribution in [0.4, 0.5) is 0 Å². The number of hydrogen-bond donors (Lipinski definition) is 1. The third-order valence-electron chi connectivity index (χ3n) is 8.04. The first-order valence-electron chi connectivity index (χ1n) is 9.64. The van der Waals surface area contributed by atoms with Crippen molar-refractivity contribution in [1.29, 1.82) is 0 Å². The summed E-state index contributed by atoms with van der Waals surface area (Å²) >= 11 is 0. The van der Waals surface area contributed by atoms with E-state index in [0.29, 0.717) is 0 Å². The van der Waals surface area contributed by atoms with Crippen LogP contribution in [-0.4, -0.2) is 10.7 Å². The van der Waals surface area contributed by atoms with Gasteiger partial charge in [0.15, 0.2) is 0 Å². The van der Waals surface area contributed by atoms with Gasteiger partial charge in [-0.05, 0) is 88.4 Å². The van der Waals surface area contributed by atoms with Crippen LogP contribution in [0, 0.1) is 29.1 Å². The van der Waals surface area contributed by atoms with Crippen molar-refractivity contribution in [2.75, 3.05) is 0 Å². The highest BCUT2D eigenvalue weighted by Gasteiger charge is 2.61. The van der Waals surface area contributed by atoms with E-state index in [1.165, 1.54) is 51.4 Å². The zero-order chi connectivity index (χ0) is 15.4. The first-order valence-corrected chi connectivity index (χ1v) is 9.64. The van der Waals surface area contributed by atoms with Crippen LogP contribution in [0.5, 0.6) is 0 Å². The quantitative estimate of drug-likeness (QED) is 0.655. The number of rotatable bonds is 1. The van der Waals surface area contributed by atoms with E-state index in [1.54, 1.807) is 5.57 Å². The Morgan fingerprint density at radius 2 is 2.00 bits per heavy atom. The second-order valence-corrected chi connectivity index (χ2v) is 8.71. The highest BCUT2D eigenvalue weighted by Crippen LogP contribution is 2.65. The van der Waals surface area contributed by atoms with E-state index in [0.717, 1.165) is 30.1 Å². The first-order chi connectivity index (χ1) is 10.6. The lowest BCUT2D eigenvalue weighted by Gasteiger charge is -2.55. The van der Waals surface area contributed by atoms with Crippen LogP contribution in [0.25, 0.3) is 0 Å². The lowest BCUT2D eigenvalue weighted by atomic mass is 9.50. The molecule has 0 unspecified atom stereocenters. The van der Waals surface area contributed by atoms with Gasteiger partial charge < -0.3 is 5.11 Å². The Bertz CT molecular complexity index is 504. The first kappa shape index (κ1) is 15.0. The fraction of sp³-hybridized carbons (Fsp3) is 0.810. The maximum Gasteiger partial charge on any atom is 0.0883 e. The SMILES string of the molecule is C/C=C/[C@]1(O)CC[C@H]2[C@@H]3CCC4=CCCC[C@@H]4[C@H]3CC[C@@]21C. The van der Waals surface area contributed by atoms with Gasteiger partial charge in [-0.25, -0.2) is 0 Å². The summed E-state index contributed by atoms with van der Waals surface area (Å²) in [5, 5.41) is 11.3. The van der Waals surface area contributed by atoms with Gasteiger partial charge in [0.05, 0.1) is 5.60 Å². The van der Waals surface area contributed by atoms with Gasteiger partial charge in [0.2, 0.25) is 0 Å². The van der Waals surface area contributed by atoms with Gasteiger partial charge in [-0.2, -0.15) is 0 Å². The van der Waals surface area contributed by atoms with Crippen LogP contribution in [0.2, 0.25) is 0 Å². The maximum absolute atomic E-state index is 11.3. The summed E-state index contributed by atoms with van der Waals surface area (Å²) in [5.74, 6) is 3.44. The van der Waals surface area contributed by atoms with Crippen LogP contribution >= 0.6 is 0 Å². The Balaban J connectivity index is 1.64. The molecule has 0 amide bonds. The molecule has 0 radical (unpaired) electrons. The number of fused-ring (bicyclic) bond motifs is 5. The lowest BCUT2D eigenvalue weighted by molar-refractivity contribution is -0.0908. The predicted octanol–water partition coefficient (Wildman–Crippen LogP) is 5.26. The maximum atomic E-state index is 11.3. The summed E-state index contributed by atoms with van der Waals surface area (Å²) in [6.45, 7) is 4.45. The second kappa shape index (κ2) is 5.23. The van der Waals surface area contributed by atoms with Crippen LogP contribution < -0.4 is 0 Å². The molecule has 4 aliphatic carbocycles. The fourth-order valence-electron chi connectivity index (χ4n) is 6.90. The molecule has 0 aromatic rings. The van der Waals surface area contributed by atoms with Gasteiger partial charge in [0, 0.05) is 5.41 Å². The summed E-state index contributed by atoms with van der Waals surface area (Å²) in [6.07, 6.45) is 18.5. The summed E-state index contributed by atoms with van der Waals surface area (Å²) in [5.41, 5.74) is 1.38. The van der Waals surface area contributed by atoms with Gasteiger partial charge >= 0.3 is 0 Å². The molecule has 22 heavy (non-hydrogen) atoms. The van der Waals surface area contributed by atoms with Crippen LogP contribution in [0.15, 0.2) is 23.8 Å². The summed E-state index contributed by atoms with van der Waals surface area (Å²) < 4.78 is 0. The van der Waals surface area contributed by atoms with E-state index in [2.05, 4.69) is 32.1 Å². The molecule has 4 aliphatic rings. The van der Waals surface area contributed by atoms with Crippen LogP contribution in [0.3, 0.4) is 0 Å². The van der Waals surface area contributed by atoms with Crippen molar-refractivity contribution >= 4 is 0 Å². The zero-order valence-electron chi connectivity index (χ0n) is 14.4. The molecule has 0 saturated heterocycles. The topological polar surface area (TPSA) is 20.2 Å². The van der Waals surface area contributed by atoms with Gasteiger partial charge in [-0.1, -0.05) is 30.7 Å². The Labute approximate surface area is 135 Å². The fourth-order valence-corrected chi connectivity index (χ4v) is 6.90. The van der Waals surface area contributed by atoms with E-state index < -0.39 is 5.60 Å². The van der Waals surface area contributed by atoms with Gasteiger partial charge in [0.25, 0.3) is 0 Å². The molecule has 3 saturated carbocycles. The molecule has 0 bridgehead atoms. The van der Waals surface area contributed by atoms with Gasteiger partial charge in [-0.15, -0.1) is 0 Å².